The van der Waals surface area contributed by atoms with E-state index in [9.17, 15) is 48.6 Å². The molecule has 4 heterocycles. The highest BCUT2D eigenvalue weighted by Gasteiger charge is 2.92. The molecule has 6 rings (SSSR count). The molecule has 1 saturated heterocycles. The van der Waals surface area contributed by atoms with Crippen LogP contribution in [0, 0.1) is 11.3 Å². The molecule has 1 spiro atoms. The third kappa shape index (κ3) is 7.54. The fourth-order valence-electron chi connectivity index (χ4n) is 9.53. The molecule has 0 amide bonds. The van der Waals surface area contributed by atoms with Crippen molar-refractivity contribution in [2.75, 3.05) is 13.2 Å². The van der Waals surface area contributed by atoms with Crippen LogP contribution in [0.2, 0.25) is 0 Å². The van der Waals surface area contributed by atoms with Crippen molar-refractivity contribution in [2.45, 2.75) is 127 Å². The molecule has 4 bridgehead atoms. The van der Waals surface area contributed by atoms with Gasteiger partial charge in [0.15, 0.2) is 35.6 Å². The summed E-state index contributed by atoms with van der Waals surface area (Å²) < 4.78 is 59.6. The van der Waals surface area contributed by atoms with Crippen molar-refractivity contribution in [3.05, 3.63) is 53.7 Å². The maximum atomic E-state index is 14.4. The van der Waals surface area contributed by atoms with Gasteiger partial charge in [-0.2, -0.15) is 0 Å². The van der Waals surface area contributed by atoms with Crippen molar-refractivity contribution < 1.29 is 95.6 Å². The van der Waals surface area contributed by atoms with E-state index < -0.39 is 138 Å². The van der Waals surface area contributed by atoms with Crippen LogP contribution in [0.4, 0.5) is 0 Å². The molecule has 2 aromatic heterocycles. The van der Waals surface area contributed by atoms with Crippen molar-refractivity contribution in [1.29, 1.82) is 0 Å². The molecule has 1 unspecified atom stereocenters. The van der Waals surface area contributed by atoms with E-state index >= 15 is 0 Å². The lowest BCUT2D eigenvalue weighted by Crippen LogP contribution is -2.89. The van der Waals surface area contributed by atoms with Gasteiger partial charge in [-0.1, -0.05) is 0 Å². The van der Waals surface area contributed by atoms with E-state index in [-0.39, 0.29) is 23.2 Å². The van der Waals surface area contributed by atoms with Crippen LogP contribution in [0.15, 0.2) is 41.3 Å². The van der Waals surface area contributed by atoms with E-state index in [0.717, 1.165) is 61.0 Å². The zero-order valence-electron chi connectivity index (χ0n) is 35.0. The van der Waals surface area contributed by atoms with Gasteiger partial charge in [-0.3, -0.25) is 29.0 Å². The molecule has 2 N–H and O–H groups in total. The standard InChI is InChI=1S/C41H47NO20/c1-19(43)54-18-40-32(58-22(4)46)28(56-20(2)44)27-30(57-21(3)45)41(40)39(8,52)31(29(33(40)59-23(5)47)60-34(48)24-12-15-53-16-24)61-36(50)37(6,51)13-11-26-25(10-9-14-42-26)35(49)55-17-38(27,7)62-41/h9-10,12,14-16,27-33,51-52H,11,13,17-18H2,1-8H3/t27-,28-,29+,30-,31+,32-,33+,37-,38+,39+,40-,41?/m0/s1. The van der Waals surface area contributed by atoms with Gasteiger partial charge in [0, 0.05) is 40.8 Å². The number of carbonyl (C=O) groups is 8. The first-order valence-electron chi connectivity index (χ1n) is 19.5. The molecule has 2 aliphatic heterocycles. The Balaban J connectivity index is 1.79. The second-order valence-corrected chi connectivity index (χ2v) is 16.4. The van der Waals surface area contributed by atoms with Gasteiger partial charge < -0.3 is 57.3 Å². The van der Waals surface area contributed by atoms with E-state index in [1.54, 1.807) is 0 Å². The molecule has 21 heteroatoms. The predicted octanol–water partition coefficient (Wildman–Crippen LogP) is 0.864. The Bertz CT molecular complexity index is 2150. The molecule has 2 aliphatic carbocycles. The number of pyridine rings is 1. The number of rotatable bonds is 8. The van der Waals surface area contributed by atoms with E-state index in [2.05, 4.69) is 4.98 Å². The van der Waals surface area contributed by atoms with E-state index in [1.165, 1.54) is 31.3 Å². The lowest BCUT2D eigenvalue weighted by atomic mass is 9.45. The zero-order chi connectivity index (χ0) is 45.7. The molecule has 2 aromatic rings. The summed E-state index contributed by atoms with van der Waals surface area (Å²) in [7, 11) is 0. The Morgan fingerprint density at radius 3 is 2.00 bits per heavy atom. The average molecular weight is 874 g/mol. The second kappa shape index (κ2) is 16.4. The van der Waals surface area contributed by atoms with Crippen LogP contribution in [-0.2, 0) is 77.8 Å². The number of aliphatic hydroxyl groups is 2. The molecule has 2 saturated carbocycles. The molecular weight excluding hydrogens is 826 g/mol. The molecule has 62 heavy (non-hydrogen) atoms. The number of hydrogen-bond donors (Lipinski definition) is 2. The van der Waals surface area contributed by atoms with Crippen molar-refractivity contribution in [3.63, 3.8) is 0 Å². The van der Waals surface area contributed by atoms with Crippen LogP contribution in [0.25, 0.3) is 0 Å². The normalized spacial score (nSPS) is 36.3. The first-order valence-corrected chi connectivity index (χ1v) is 19.5. The lowest BCUT2D eigenvalue weighted by molar-refractivity contribution is -0.386. The van der Waals surface area contributed by atoms with E-state index in [4.69, 9.17) is 47.0 Å². The number of aryl methyl sites for hydroxylation is 1. The highest BCUT2D eigenvalue weighted by molar-refractivity contribution is 5.91. The van der Waals surface area contributed by atoms with Crippen LogP contribution >= 0.6 is 0 Å². The fourth-order valence-corrected chi connectivity index (χ4v) is 9.53. The number of hydrogen-bond acceptors (Lipinski definition) is 21. The minimum Gasteiger partial charge on any atom is -0.472 e. The molecular formula is C41H47NO20. The number of esters is 8. The van der Waals surface area contributed by atoms with Crippen LogP contribution in [0.3, 0.4) is 0 Å². The summed E-state index contributed by atoms with van der Waals surface area (Å²) in [6.07, 6.45) is -10.1. The van der Waals surface area contributed by atoms with Crippen LogP contribution in [0.5, 0.6) is 0 Å². The Kier molecular flexibility index (Phi) is 12.1. The number of cyclic esters (lactones) is 1. The highest BCUT2D eigenvalue weighted by Crippen LogP contribution is 2.70. The maximum Gasteiger partial charge on any atom is 0.341 e. The van der Waals surface area contributed by atoms with E-state index in [0.29, 0.717) is 0 Å². The first-order chi connectivity index (χ1) is 28.9. The minimum atomic E-state index is -3.00. The maximum absolute atomic E-state index is 14.4. The van der Waals surface area contributed by atoms with Gasteiger partial charge in [0.1, 0.15) is 48.3 Å². The quantitative estimate of drug-likeness (QED) is 0.275. The predicted molar refractivity (Wildman–Crippen MR) is 199 cm³/mol. The summed E-state index contributed by atoms with van der Waals surface area (Å²) in [4.78, 5) is 113. The number of aromatic nitrogens is 1. The van der Waals surface area contributed by atoms with E-state index in [1.807, 2.05) is 0 Å². The third-order valence-electron chi connectivity index (χ3n) is 11.9. The highest BCUT2D eigenvalue weighted by atomic mass is 16.7. The summed E-state index contributed by atoms with van der Waals surface area (Å²) >= 11 is 0. The van der Waals surface area contributed by atoms with Crippen molar-refractivity contribution in [1.82, 2.24) is 4.98 Å². The number of ether oxygens (including phenoxy) is 9. The monoisotopic (exact) mass is 873 g/mol. The number of carbonyl (C=O) groups excluding carboxylic acids is 8. The van der Waals surface area contributed by atoms with Gasteiger partial charge in [-0.25, -0.2) is 14.4 Å². The Morgan fingerprint density at radius 2 is 1.42 bits per heavy atom. The summed E-state index contributed by atoms with van der Waals surface area (Å²) in [5.41, 5.74) is -13.5. The third-order valence-corrected chi connectivity index (χ3v) is 11.9. The zero-order valence-corrected chi connectivity index (χ0v) is 35.0. The molecule has 4 aliphatic rings. The number of nitrogens with zero attached hydrogens (tertiary/aromatic N) is 1. The van der Waals surface area contributed by atoms with Crippen molar-refractivity contribution in [2.24, 2.45) is 11.3 Å². The smallest absolute Gasteiger partial charge is 0.341 e. The molecule has 336 valence electrons. The van der Waals surface area contributed by atoms with Gasteiger partial charge in [0.05, 0.1) is 29.0 Å². The number of fused-ring (bicyclic) bond motifs is 5. The first kappa shape index (κ1) is 45.6. The Hall–Kier alpha value is -5.93. The fraction of sp³-hybridized carbons (Fsp3) is 0.585. The van der Waals surface area contributed by atoms with Gasteiger partial charge in [0.2, 0.25) is 0 Å². The minimum absolute atomic E-state index is 0.0776. The van der Waals surface area contributed by atoms with Gasteiger partial charge in [-0.05, 0) is 51.8 Å². The summed E-state index contributed by atoms with van der Waals surface area (Å²) in [6.45, 7) is 6.25. The second-order valence-electron chi connectivity index (χ2n) is 16.4. The Morgan fingerprint density at radius 1 is 0.806 bits per heavy atom. The van der Waals surface area contributed by atoms with Crippen molar-refractivity contribution in [3.8, 4) is 0 Å². The molecule has 21 nitrogen and oxygen atoms in total. The van der Waals surface area contributed by atoms with Crippen molar-refractivity contribution >= 4 is 47.8 Å². The Labute approximate surface area is 353 Å². The molecule has 3 fully saturated rings. The van der Waals surface area contributed by atoms with Crippen LogP contribution in [0.1, 0.15) is 88.2 Å². The van der Waals surface area contributed by atoms with Gasteiger partial charge in [-0.15, -0.1) is 0 Å². The van der Waals surface area contributed by atoms with Crippen LogP contribution in [-0.4, -0.2) is 135 Å². The topological polar surface area (TPSA) is 286 Å². The average Bonchev–Trinajstić information content (AvgIpc) is 3.79. The summed E-state index contributed by atoms with van der Waals surface area (Å²) in [6, 6.07) is 3.99. The van der Waals surface area contributed by atoms with Crippen LogP contribution < -0.4 is 0 Å². The lowest BCUT2D eigenvalue weighted by Gasteiger charge is -2.67. The summed E-state index contributed by atoms with van der Waals surface area (Å²) in [5, 5.41) is 25.3. The molecule has 12 atom stereocenters. The van der Waals surface area contributed by atoms with Gasteiger partial charge >= 0.3 is 47.8 Å². The molecule has 0 radical (unpaired) electrons. The van der Waals surface area contributed by atoms with Gasteiger partial charge in [0.25, 0.3) is 0 Å². The number of furan rings is 1. The molecule has 0 aromatic carbocycles. The summed E-state index contributed by atoms with van der Waals surface area (Å²) in [5.74, 6) is -10.7. The largest absolute Gasteiger partial charge is 0.472 e. The SMILES string of the molecule is CC(=O)OC[C@]12[C@H](OC(C)=O)[C@H](OC(=O)c3ccoc3)[C@H]3OC(=O)[C@@](C)(O)CCc4ncccc4C(=O)OC[C@@]4(C)OC1([C@@H](OC(C)=O)[C@@H]4[C@H](OC(C)=O)[C@@H]2OC(C)=O)[C@]3(C)O.